The molecule has 4 aromatic carbocycles. The molecule has 5 rings (SSSR count). The summed E-state index contributed by atoms with van der Waals surface area (Å²) in [6.45, 7) is 17.1. The van der Waals surface area contributed by atoms with E-state index in [0.717, 1.165) is 9.83 Å². The molecule has 2 N–H and O–H groups in total. The summed E-state index contributed by atoms with van der Waals surface area (Å²) in [5.41, 5.74) is 10.1. The van der Waals surface area contributed by atoms with E-state index in [4.69, 9.17) is 10.2 Å². The molecule has 1 aliphatic rings. The molecule has 4 aromatic rings. The number of aliphatic hydroxyl groups is 2. The van der Waals surface area contributed by atoms with Crippen LogP contribution < -0.4 is 9.62 Å². The van der Waals surface area contributed by atoms with Crippen LogP contribution in [0.2, 0.25) is 0 Å². The summed E-state index contributed by atoms with van der Waals surface area (Å²) < 4.78 is 1.16. The average molecular weight is 867 g/mol. The van der Waals surface area contributed by atoms with Crippen molar-refractivity contribution in [3.8, 4) is 22.3 Å². The summed E-state index contributed by atoms with van der Waals surface area (Å²) in [4.78, 5) is 9.49. The van der Waals surface area contributed by atoms with E-state index >= 15 is 0 Å². The molecule has 0 aromatic heterocycles. The minimum absolute atomic E-state index is 0.0929. The van der Waals surface area contributed by atoms with Crippen molar-refractivity contribution >= 4 is 29.3 Å². The summed E-state index contributed by atoms with van der Waals surface area (Å²) >= 11 is 2.50. The van der Waals surface area contributed by atoms with E-state index in [-0.39, 0.29) is 36.8 Å². The third-order valence-corrected chi connectivity index (χ3v) is 10.4. The molecule has 2 unspecified atom stereocenters. The molecule has 9 heteroatoms. The third-order valence-electron chi connectivity index (χ3n) is 9.27. The average Bonchev–Trinajstić information content (AvgIpc) is 3.37. The normalized spacial score (nSPS) is 15.1. The van der Waals surface area contributed by atoms with Gasteiger partial charge in [-0.25, -0.2) is 0 Å². The van der Waals surface area contributed by atoms with Gasteiger partial charge in [-0.15, -0.1) is 0 Å². The Morgan fingerprint density at radius 1 is 0.608 bits per heavy atom. The van der Waals surface area contributed by atoms with Crippen molar-refractivity contribution in [1.29, 1.82) is 0 Å². The van der Waals surface area contributed by atoms with Gasteiger partial charge in [0.25, 0.3) is 0 Å². The van der Waals surface area contributed by atoms with Crippen LogP contribution in [0.5, 0.6) is 0 Å². The Labute approximate surface area is 320 Å². The van der Waals surface area contributed by atoms with Gasteiger partial charge in [-0.2, -0.15) is 0 Å². The Morgan fingerprint density at radius 2 is 0.980 bits per heavy atom. The maximum atomic E-state index is 8.56. The van der Waals surface area contributed by atoms with Gasteiger partial charge in [-0.05, 0) is 20.3 Å². The predicted molar refractivity (Wildman–Crippen MR) is 217 cm³/mol. The Balaban J connectivity index is 0.000000755. The van der Waals surface area contributed by atoms with Crippen molar-refractivity contribution in [2.75, 3.05) is 37.8 Å². The van der Waals surface area contributed by atoms with Crippen LogP contribution in [0.3, 0.4) is 0 Å². The first kappa shape index (κ1) is 40.8. The summed E-state index contributed by atoms with van der Waals surface area (Å²) in [6.07, 6.45) is -0.278. The molecular weight excluding hydrogens is 809 g/mol. The van der Waals surface area contributed by atoms with Crippen LogP contribution in [0.15, 0.2) is 91.0 Å². The number of aliphatic hydroxyl groups excluding tert-OH is 2. The van der Waals surface area contributed by atoms with Crippen LogP contribution in [0, 0.1) is 6.07 Å². The fourth-order valence-corrected chi connectivity index (χ4v) is 7.61. The zero-order valence-corrected chi connectivity index (χ0v) is 34.9. The molecule has 1 aliphatic heterocycles. The van der Waals surface area contributed by atoms with Gasteiger partial charge in [0.2, 0.25) is 0 Å². The molecule has 1 saturated heterocycles. The molecule has 0 bridgehead atoms. The number of rotatable bonds is 8. The fraction of sp³-hybridized carbons (Fsp3) is 0.405. The first-order valence-corrected chi connectivity index (χ1v) is 19.0. The number of hydrogen-bond donors (Lipinski definition) is 2. The van der Waals surface area contributed by atoms with Crippen LogP contribution in [-0.4, -0.2) is 78.1 Å². The van der Waals surface area contributed by atoms with Crippen molar-refractivity contribution in [3.63, 3.8) is 0 Å². The molecule has 51 heavy (non-hydrogen) atoms. The number of benzene rings is 4. The Morgan fingerprint density at radius 3 is 1.31 bits per heavy atom. The van der Waals surface area contributed by atoms with Crippen molar-refractivity contribution in [3.05, 3.63) is 108 Å². The van der Waals surface area contributed by atoms with E-state index in [1.165, 1.54) is 39.1 Å². The van der Waals surface area contributed by atoms with Gasteiger partial charge in [0.05, 0.1) is 12.2 Å². The second kappa shape index (κ2) is 16.8. The summed E-state index contributed by atoms with van der Waals surface area (Å²) in [5, 5.41) is 17.1. The first-order chi connectivity index (χ1) is 23.8. The minimum atomic E-state index is -0.375. The zero-order valence-electron chi connectivity index (χ0n) is 32.7. The summed E-state index contributed by atoms with van der Waals surface area (Å²) in [7, 11) is 8.66. The zero-order chi connectivity index (χ0) is 37.8. The van der Waals surface area contributed by atoms with Gasteiger partial charge < -0.3 is 10.2 Å². The molecule has 1 heterocycles. The topological polar surface area (TPSA) is 53.4 Å². The van der Waals surface area contributed by atoms with E-state index in [0.29, 0.717) is 6.42 Å². The number of nitrogens with zero attached hydrogens (tertiary/aromatic N) is 4. The molecule has 274 valence electrons. The molecular formula is C42H57B2N4O2Pt-. The van der Waals surface area contributed by atoms with E-state index in [2.05, 4.69) is 205 Å². The Hall–Kier alpha value is -2.99. The molecule has 0 radical (unpaired) electrons. The second-order valence-corrected chi connectivity index (χ2v) is 17.3. The monoisotopic (exact) mass is 866 g/mol. The Kier molecular flexibility index (Phi) is 13.4. The predicted octanol–water partition coefficient (Wildman–Crippen LogP) is 7.69. The van der Waals surface area contributed by atoms with Gasteiger partial charge in [-0.3, -0.25) is 0 Å². The fourth-order valence-electron chi connectivity index (χ4n) is 6.45. The molecule has 0 amide bonds. The van der Waals surface area contributed by atoms with Crippen molar-refractivity contribution in [2.45, 2.75) is 84.8 Å². The van der Waals surface area contributed by atoms with Gasteiger partial charge in [-0.1, -0.05) is 0 Å². The standard InChI is InChI=1S/C37H45B2N4.C5H12O2.Pt/c1-36(2,3)32-19-11-28(12-20-32)30-15-23-34(24-16-30)42-27-43(39(41(9)10)38(42)40(7)8)35-25-17-31(18-26-35)29-13-21-33(22-14-29)37(4,5)6;1-4(6)3-5(2)7;/h11-25H,1-10H3;4-7H,3H2,1-2H3;/q-1;;. The Bertz CT molecular complexity index is 1590. The van der Waals surface area contributed by atoms with E-state index in [1.807, 2.05) is 0 Å². The van der Waals surface area contributed by atoms with E-state index in [9.17, 15) is 0 Å². The van der Waals surface area contributed by atoms with E-state index < -0.39 is 0 Å². The molecule has 1 fully saturated rings. The van der Waals surface area contributed by atoms with Crippen LogP contribution in [-0.2, 0) is 30.2 Å². The van der Waals surface area contributed by atoms with Gasteiger partial charge in [0, 0.05) is 0 Å². The quantitative estimate of drug-likeness (QED) is 0.140. The molecule has 0 aliphatic carbocycles. The number of anilines is 2. The van der Waals surface area contributed by atoms with Gasteiger partial charge in [0.1, 0.15) is 0 Å². The van der Waals surface area contributed by atoms with Gasteiger partial charge >= 0.3 is 279 Å². The summed E-state index contributed by atoms with van der Waals surface area (Å²) in [5.74, 6) is 0. The third kappa shape index (κ3) is 10.1. The van der Waals surface area contributed by atoms with Crippen LogP contribution in [0.4, 0.5) is 11.4 Å². The van der Waals surface area contributed by atoms with Crippen molar-refractivity contribution < 1.29 is 29.6 Å². The molecule has 0 spiro atoms. The van der Waals surface area contributed by atoms with Crippen LogP contribution in [0.1, 0.15) is 72.9 Å². The molecule has 6 nitrogen and oxygen atoms in total. The van der Waals surface area contributed by atoms with E-state index in [1.54, 1.807) is 13.8 Å². The SMILES string of the molecule is CC(O)CC(C)O.CN(C)B1B(N(C)C)N(c2ccc(-c3ccc(C(C)(C)C)cc3)cc2)[C](=[Pt])N1c1[c-]cc(-c2ccc(C(C)(C)C)cc2)cc1. The van der Waals surface area contributed by atoms with Crippen molar-refractivity contribution in [1.82, 2.24) is 9.62 Å². The van der Waals surface area contributed by atoms with Crippen molar-refractivity contribution in [2.24, 2.45) is 0 Å². The van der Waals surface area contributed by atoms with Gasteiger partial charge in [0.15, 0.2) is 0 Å². The molecule has 2 atom stereocenters. The second-order valence-electron chi connectivity index (χ2n) is 16.3. The summed E-state index contributed by atoms with van der Waals surface area (Å²) in [6, 6.07) is 37.2. The molecule has 0 saturated carbocycles. The van der Waals surface area contributed by atoms with Crippen LogP contribution in [0.25, 0.3) is 22.3 Å². The maximum absolute atomic E-state index is 8.56. The number of hydrogen-bond acceptors (Lipinski definition) is 6. The first-order valence-electron chi connectivity index (χ1n) is 17.9. The van der Waals surface area contributed by atoms with Crippen LogP contribution >= 0.6 is 0 Å².